The second-order valence-corrected chi connectivity index (χ2v) is 9.02. The van der Waals surface area contributed by atoms with Crippen LogP contribution in [0.25, 0.3) is 0 Å². The van der Waals surface area contributed by atoms with Crippen LogP contribution >= 0.6 is 0 Å². The van der Waals surface area contributed by atoms with Gasteiger partial charge < -0.3 is 16.8 Å². The Bertz CT molecular complexity index is 1090. The van der Waals surface area contributed by atoms with Crippen LogP contribution in [0.1, 0.15) is 17.2 Å². The van der Waals surface area contributed by atoms with Gasteiger partial charge in [-0.3, -0.25) is 4.90 Å². The number of anilines is 1. The highest BCUT2D eigenvalue weighted by atomic mass is 32.2. The minimum atomic E-state index is -3.86. The predicted octanol–water partition coefficient (Wildman–Crippen LogP) is 0.778. The first kappa shape index (κ1) is 20.2. The largest absolute Gasteiger partial charge is 0.369 e. The maximum atomic E-state index is 13.2. The van der Waals surface area contributed by atoms with Gasteiger partial charge in [-0.1, -0.05) is 30.3 Å². The molecule has 9 nitrogen and oxygen atoms in total. The third kappa shape index (κ3) is 3.59. The molecule has 0 aliphatic carbocycles. The van der Waals surface area contributed by atoms with Crippen LogP contribution in [0.15, 0.2) is 58.4 Å². The van der Waals surface area contributed by atoms with Crippen molar-refractivity contribution in [2.45, 2.75) is 17.4 Å². The molecule has 2 heterocycles. The molecule has 2 aromatic rings. The molecule has 0 bridgehead atoms. The lowest BCUT2D eigenvalue weighted by Crippen LogP contribution is -2.41. The van der Waals surface area contributed by atoms with Crippen LogP contribution < -0.4 is 21.7 Å². The van der Waals surface area contributed by atoms with Crippen LogP contribution in [0.2, 0.25) is 0 Å². The fraction of sp³-hybridized carbons (Fsp3) is 0.300. The standard InChI is InChI=1S/C20H24N6O3S/c21-9-10-23-20(27)25-11-8-15-12-16(6-7-18(15)25)30(28,29)26-13-17(24-19(26)22)14-4-2-1-3-5-14/h1-7,12,17H,8-11,13,21H2,(H2,22,24)(H,23,27). The number of guanidine groups is 1. The van der Waals surface area contributed by atoms with Crippen molar-refractivity contribution in [2.75, 3.05) is 31.1 Å². The van der Waals surface area contributed by atoms with Gasteiger partial charge in [0.05, 0.1) is 17.5 Å². The van der Waals surface area contributed by atoms with Gasteiger partial charge >= 0.3 is 6.03 Å². The van der Waals surface area contributed by atoms with E-state index < -0.39 is 10.0 Å². The van der Waals surface area contributed by atoms with E-state index in [1.54, 1.807) is 17.0 Å². The fourth-order valence-electron chi connectivity index (χ4n) is 3.74. The molecule has 0 spiro atoms. The number of carbonyl (C=O) groups is 1. The summed E-state index contributed by atoms with van der Waals surface area (Å²) < 4.78 is 27.6. The van der Waals surface area contributed by atoms with Gasteiger partial charge in [-0.05, 0) is 35.7 Å². The average molecular weight is 429 g/mol. The first-order chi connectivity index (χ1) is 14.4. The summed E-state index contributed by atoms with van der Waals surface area (Å²) in [6, 6.07) is 13.7. The number of carbonyl (C=O) groups excluding carboxylic acids is 1. The number of aliphatic imine (C=N–C) groups is 1. The Balaban J connectivity index is 1.56. The summed E-state index contributed by atoms with van der Waals surface area (Å²) in [6.45, 7) is 1.38. The number of sulfonamides is 1. The zero-order valence-electron chi connectivity index (χ0n) is 16.4. The molecule has 0 saturated heterocycles. The first-order valence-electron chi connectivity index (χ1n) is 9.71. The molecule has 1 unspecified atom stereocenters. The molecule has 2 aromatic carbocycles. The molecule has 0 fully saturated rings. The molecule has 30 heavy (non-hydrogen) atoms. The second-order valence-electron chi connectivity index (χ2n) is 7.16. The minimum absolute atomic E-state index is 0.0212. The van der Waals surface area contributed by atoms with E-state index in [0.717, 1.165) is 15.4 Å². The molecule has 10 heteroatoms. The second kappa shape index (κ2) is 7.96. The van der Waals surface area contributed by atoms with Crippen molar-refractivity contribution in [1.29, 1.82) is 0 Å². The zero-order chi connectivity index (χ0) is 21.3. The fourth-order valence-corrected chi connectivity index (χ4v) is 5.16. The Kier molecular flexibility index (Phi) is 5.35. The van der Waals surface area contributed by atoms with Crippen molar-refractivity contribution >= 4 is 27.7 Å². The van der Waals surface area contributed by atoms with Crippen LogP contribution in [0, 0.1) is 0 Å². The van der Waals surface area contributed by atoms with Gasteiger partial charge in [0.1, 0.15) is 0 Å². The van der Waals surface area contributed by atoms with Gasteiger partial charge in [0, 0.05) is 25.3 Å². The van der Waals surface area contributed by atoms with Crippen molar-refractivity contribution in [3.8, 4) is 0 Å². The Hall–Kier alpha value is -3.11. The summed E-state index contributed by atoms with van der Waals surface area (Å²) >= 11 is 0. The summed E-state index contributed by atoms with van der Waals surface area (Å²) in [5.41, 5.74) is 13.8. The van der Waals surface area contributed by atoms with E-state index in [1.165, 1.54) is 6.07 Å². The molecule has 2 amide bonds. The van der Waals surface area contributed by atoms with E-state index in [9.17, 15) is 13.2 Å². The number of benzene rings is 2. The van der Waals surface area contributed by atoms with Crippen molar-refractivity contribution in [3.05, 3.63) is 59.7 Å². The third-order valence-corrected chi connectivity index (χ3v) is 7.03. The van der Waals surface area contributed by atoms with E-state index >= 15 is 0 Å². The number of hydrogen-bond acceptors (Lipinski definition) is 6. The number of nitrogens with zero attached hydrogens (tertiary/aromatic N) is 3. The maximum absolute atomic E-state index is 13.2. The topological polar surface area (TPSA) is 134 Å². The predicted molar refractivity (Wildman–Crippen MR) is 115 cm³/mol. The lowest BCUT2D eigenvalue weighted by molar-refractivity contribution is 0.247. The molecule has 2 aliphatic rings. The smallest absolute Gasteiger partial charge is 0.321 e. The zero-order valence-corrected chi connectivity index (χ0v) is 17.2. The van der Waals surface area contributed by atoms with Gasteiger partial charge in [0.2, 0.25) is 5.96 Å². The molecule has 0 aromatic heterocycles. The highest BCUT2D eigenvalue weighted by Crippen LogP contribution is 2.33. The average Bonchev–Trinajstić information content (AvgIpc) is 3.36. The van der Waals surface area contributed by atoms with Gasteiger partial charge in [-0.25, -0.2) is 22.5 Å². The van der Waals surface area contributed by atoms with E-state index in [1.807, 2.05) is 30.3 Å². The SMILES string of the molecule is NCCNC(=O)N1CCc2cc(S(=O)(=O)N3CC(c4ccccc4)N=C3N)ccc21. The monoisotopic (exact) mass is 428 g/mol. The first-order valence-corrected chi connectivity index (χ1v) is 11.1. The van der Waals surface area contributed by atoms with Crippen molar-refractivity contribution in [1.82, 2.24) is 9.62 Å². The lowest BCUT2D eigenvalue weighted by Gasteiger charge is -2.20. The van der Waals surface area contributed by atoms with Crippen LogP contribution in [0.5, 0.6) is 0 Å². The van der Waals surface area contributed by atoms with Gasteiger partial charge in [0.25, 0.3) is 10.0 Å². The Labute approximate surface area is 175 Å². The van der Waals surface area contributed by atoms with E-state index in [4.69, 9.17) is 11.5 Å². The summed E-state index contributed by atoms with van der Waals surface area (Å²) in [7, 11) is -3.86. The number of rotatable bonds is 5. The lowest BCUT2D eigenvalue weighted by atomic mass is 10.1. The van der Waals surface area contributed by atoms with Crippen LogP contribution in [0.3, 0.4) is 0 Å². The molecular weight excluding hydrogens is 404 g/mol. The Morgan fingerprint density at radius 2 is 1.97 bits per heavy atom. The number of hydrogen-bond donors (Lipinski definition) is 3. The van der Waals surface area contributed by atoms with E-state index in [-0.39, 0.29) is 29.5 Å². The number of fused-ring (bicyclic) bond motifs is 1. The Morgan fingerprint density at radius 1 is 1.20 bits per heavy atom. The van der Waals surface area contributed by atoms with Crippen LogP contribution in [0.4, 0.5) is 10.5 Å². The molecule has 5 N–H and O–H groups in total. The molecule has 2 aliphatic heterocycles. The third-order valence-electron chi connectivity index (χ3n) is 5.27. The van der Waals surface area contributed by atoms with Crippen molar-refractivity contribution in [2.24, 2.45) is 16.5 Å². The molecule has 0 saturated carbocycles. The number of amides is 2. The maximum Gasteiger partial charge on any atom is 0.321 e. The van der Waals surface area contributed by atoms with Gasteiger partial charge in [-0.15, -0.1) is 0 Å². The molecule has 0 radical (unpaired) electrons. The summed E-state index contributed by atoms with van der Waals surface area (Å²) in [5.74, 6) is -0.0212. The highest BCUT2D eigenvalue weighted by Gasteiger charge is 2.35. The number of nitrogens with two attached hydrogens (primary N) is 2. The molecular formula is C20H24N6O3S. The summed E-state index contributed by atoms with van der Waals surface area (Å²) in [6.07, 6.45) is 0.574. The minimum Gasteiger partial charge on any atom is -0.369 e. The quantitative estimate of drug-likeness (QED) is 0.647. The molecule has 158 valence electrons. The van der Waals surface area contributed by atoms with Crippen molar-refractivity contribution < 1.29 is 13.2 Å². The van der Waals surface area contributed by atoms with E-state index in [2.05, 4.69) is 10.3 Å². The number of urea groups is 1. The molecule has 1 atom stereocenters. The molecule has 4 rings (SSSR count). The van der Waals surface area contributed by atoms with Crippen molar-refractivity contribution in [3.63, 3.8) is 0 Å². The highest BCUT2D eigenvalue weighted by molar-refractivity contribution is 7.89. The Morgan fingerprint density at radius 3 is 2.70 bits per heavy atom. The van der Waals surface area contributed by atoms with Gasteiger partial charge in [-0.2, -0.15) is 0 Å². The summed E-state index contributed by atoms with van der Waals surface area (Å²) in [5, 5.41) is 2.73. The number of nitrogens with one attached hydrogen (secondary N) is 1. The van der Waals surface area contributed by atoms with Crippen LogP contribution in [-0.4, -0.2) is 50.9 Å². The normalized spacial score (nSPS) is 18.3. The van der Waals surface area contributed by atoms with E-state index in [0.29, 0.717) is 31.7 Å². The van der Waals surface area contributed by atoms with Gasteiger partial charge in [0.15, 0.2) is 0 Å². The summed E-state index contributed by atoms with van der Waals surface area (Å²) in [4.78, 5) is 18.3. The van der Waals surface area contributed by atoms with Crippen LogP contribution in [-0.2, 0) is 16.4 Å².